The van der Waals surface area contributed by atoms with E-state index < -0.39 is 0 Å². The van der Waals surface area contributed by atoms with Crippen LogP contribution in [0.3, 0.4) is 0 Å². The quantitative estimate of drug-likeness (QED) is 0.468. The number of carbonyl (C=O) groups is 1. The number of hydrogen-bond acceptors (Lipinski definition) is 5. The number of H-pyrrole nitrogens is 1. The fraction of sp³-hybridized carbons (Fsp3) is 0.444. The van der Waals surface area contributed by atoms with Crippen LogP contribution < -0.4 is 0 Å². The van der Waals surface area contributed by atoms with Crippen LogP contribution in [-0.2, 0) is 9.53 Å². The van der Waals surface area contributed by atoms with Crippen LogP contribution in [0.2, 0.25) is 0 Å². The molecule has 0 unspecified atom stereocenters. The molecular weight excluding hydrogens is 214 g/mol. The second-order valence-corrected chi connectivity index (χ2v) is 3.68. The van der Waals surface area contributed by atoms with Gasteiger partial charge < -0.3 is 4.74 Å². The highest BCUT2D eigenvalue weighted by atomic mass is 32.2. The van der Waals surface area contributed by atoms with Crippen LogP contribution in [0.5, 0.6) is 0 Å². The van der Waals surface area contributed by atoms with Gasteiger partial charge in [-0.3, -0.25) is 5.10 Å². The van der Waals surface area contributed by atoms with Gasteiger partial charge in [0.25, 0.3) is 0 Å². The summed E-state index contributed by atoms with van der Waals surface area (Å²) < 4.78 is 4.64. The van der Waals surface area contributed by atoms with E-state index in [0.717, 1.165) is 5.16 Å². The lowest BCUT2D eigenvalue weighted by molar-refractivity contribution is -0.136. The molecule has 0 spiro atoms. The van der Waals surface area contributed by atoms with Crippen molar-refractivity contribution in [3.8, 4) is 0 Å². The number of aromatic nitrogens is 3. The minimum atomic E-state index is -0.268. The van der Waals surface area contributed by atoms with Crippen molar-refractivity contribution in [1.29, 1.82) is 0 Å². The lowest BCUT2D eigenvalue weighted by Gasteiger charge is -2.01. The van der Waals surface area contributed by atoms with Crippen LogP contribution in [-0.4, -0.2) is 34.0 Å². The Labute approximate surface area is 92.3 Å². The van der Waals surface area contributed by atoms with Gasteiger partial charge in [-0.05, 0) is 6.42 Å². The average Bonchev–Trinajstić information content (AvgIpc) is 2.76. The van der Waals surface area contributed by atoms with E-state index in [-0.39, 0.29) is 5.97 Å². The number of hydrogen-bond donors (Lipinski definition) is 1. The van der Waals surface area contributed by atoms with E-state index in [4.69, 9.17) is 0 Å². The topological polar surface area (TPSA) is 67.9 Å². The van der Waals surface area contributed by atoms with Gasteiger partial charge in [0.15, 0.2) is 5.16 Å². The van der Waals surface area contributed by atoms with Crippen molar-refractivity contribution in [3.05, 3.63) is 18.0 Å². The Morgan fingerprint density at radius 1 is 1.73 bits per heavy atom. The lowest BCUT2D eigenvalue weighted by Crippen LogP contribution is -2.04. The normalized spacial score (nSPS) is 11.5. The number of aromatic amines is 1. The van der Waals surface area contributed by atoms with Gasteiger partial charge in [0.2, 0.25) is 0 Å². The first-order chi connectivity index (χ1) is 7.27. The van der Waals surface area contributed by atoms with Gasteiger partial charge in [-0.15, -0.1) is 0 Å². The first-order valence-electron chi connectivity index (χ1n) is 4.53. The Kier molecular flexibility index (Phi) is 4.89. The highest BCUT2D eigenvalue weighted by Crippen LogP contribution is 2.13. The maximum Gasteiger partial charge on any atom is 0.333 e. The highest BCUT2D eigenvalue weighted by Gasteiger charge is 2.06. The third-order valence-electron chi connectivity index (χ3n) is 1.77. The van der Waals surface area contributed by atoms with Crippen molar-refractivity contribution in [2.75, 3.05) is 12.9 Å². The molecule has 0 saturated heterocycles. The smallest absolute Gasteiger partial charge is 0.333 e. The van der Waals surface area contributed by atoms with Gasteiger partial charge in [0.05, 0.1) is 7.11 Å². The molecule has 0 aliphatic rings. The monoisotopic (exact) mass is 227 g/mol. The first kappa shape index (κ1) is 11.8. The third-order valence-corrected chi connectivity index (χ3v) is 2.57. The second kappa shape index (κ2) is 6.23. The Bertz CT molecular complexity index is 335. The summed E-state index contributed by atoms with van der Waals surface area (Å²) in [7, 11) is 1.38. The molecule has 6 heteroatoms. The molecular formula is C9H13N3O2S. The molecule has 0 saturated carbocycles. The van der Waals surface area contributed by atoms with Crippen molar-refractivity contribution >= 4 is 17.7 Å². The van der Waals surface area contributed by atoms with E-state index in [1.165, 1.54) is 25.2 Å². The third kappa shape index (κ3) is 3.75. The molecule has 1 rings (SSSR count). The summed E-state index contributed by atoms with van der Waals surface area (Å²) in [5.41, 5.74) is 0.685. The SMILES string of the molecule is CCC(=CCSc1ncn[nH]1)C(=O)OC. The fourth-order valence-electron chi connectivity index (χ4n) is 0.988. The van der Waals surface area contributed by atoms with Crippen molar-refractivity contribution in [3.63, 3.8) is 0 Å². The Morgan fingerprint density at radius 2 is 2.53 bits per heavy atom. The number of methoxy groups -OCH3 is 1. The summed E-state index contributed by atoms with van der Waals surface area (Å²) in [5.74, 6) is 0.406. The number of nitrogens with zero attached hydrogens (tertiary/aromatic N) is 2. The molecule has 0 fully saturated rings. The molecule has 5 nitrogen and oxygen atoms in total. The van der Waals surface area contributed by atoms with Gasteiger partial charge in [-0.2, -0.15) is 5.10 Å². The molecule has 0 aromatic carbocycles. The van der Waals surface area contributed by atoms with Gasteiger partial charge in [-0.25, -0.2) is 9.78 Å². The van der Waals surface area contributed by atoms with Crippen molar-refractivity contribution in [2.45, 2.75) is 18.5 Å². The molecule has 82 valence electrons. The number of ether oxygens (including phenoxy) is 1. The summed E-state index contributed by atoms with van der Waals surface area (Å²) in [6, 6.07) is 0. The van der Waals surface area contributed by atoms with Gasteiger partial charge in [0, 0.05) is 11.3 Å². The largest absolute Gasteiger partial charge is 0.466 e. The van der Waals surface area contributed by atoms with Crippen LogP contribution in [0.1, 0.15) is 13.3 Å². The van der Waals surface area contributed by atoms with E-state index in [2.05, 4.69) is 19.9 Å². The van der Waals surface area contributed by atoms with E-state index >= 15 is 0 Å². The van der Waals surface area contributed by atoms with Crippen LogP contribution >= 0.6 is 11.8 Å². The lowest BCUT2D eigenvalue weighted by atomic mass is 10.2. The predicted molar refractivity (Wildman–Crippen MR) is 57.5 cm³/mol. The minimum Gasteiger partial charge on any atom is -0.466 e. The number of thioether (sulfide) groups is 1. The molecule has 0 aliphatic heterocycles. The van der Waals surface area contributed by atoms with Crippen molar-refractivity contribution < 1.29 is 9.53 Å². The summed E-state index contributed by atoms with van der Waals surface area (Å²) in [5, 5.41) is 7.19. The zero-order valence-corrected chi connectivity index (χ0v) is 9.50. The Hall–Kier alpha value is -1.30. The molecule has 15 heavy (non-hydrogen) atoms. The van der Waals surface area contributed by atoms with Gasteiger partial charge in [-0.1, -0.05) is 24.8 Å². The number of carbonyl (C=O) groups excluding carboxylic acids is 1. The average molecular weight is 227 g/mol. The summed E-state index contributed by atoms with van der Waals surface area (Å²) in [6.45, 7) is 1.92. The second-order valence-electron chi connectivity index (χ2n) is 2.68. The van der Waals surface area contributed by atoms with Gasteiger partial charge >= 0.3 is 5.97 Å². The maximum absolute atomic E-state index is 11.2. The molecule has 0 bridgehead atoms. The van der Waals surface area contributed by atoms with Crippen LogP contribution in [0.25, 0.3) is 0 Å². The predicted octanol–water partition coefficient (Wildman–Crippen LogP) is 1.41. The molecule has 0 radical (unpaired) electrons. The zero-order valence-electron chi connectivity index (χ0n) is 8.69. The van der Waals surface area contributed by atoms with Crippen LogP contribution in [0, 0.1) is 0 Å². The minimum absolute atomic E-state index is 0.268. The molecule has 1 aromatic rings. The number of rotatable bonds is 5. The first-order valence-corrected chi connectivity index (χ1v) is 5.52. The van der Waals surface area contributed by atoms with Gasteiger partial charge in [0.1, 0.15) is 6.33 Å². The van der Waals surface area contributed by atoms with E-state index in [1.54, 1.807) is 0 Å². The molecule has 0 atom stereocenters. The fourth-order valence-corrected chi connectivity index (χ4v) is 1.67. The van der Waals surface area contributed by atoms with E-state index in [1.807, 2.05) is 13.0 Å². The maximum atomic E-state index is 11.2. The van der Waals surface area contributed by atoms with Crippen molar-refractivity contribution in [1.82, 2.24) is 15.2 Å². The molecule has 0 aliphatic carbocycles. The number of nitrogens with one attached hydrogen (secondary N) is 1. The summed E-state index contributed by atoms with van der Waals surface area (Å²) in [6.07, 6.45) is 3.97. The van der Waals surface area contributed by atoms with Crippen LogP contribution in [0.15, 0.2) is 23.1 Å². The molecule has 1 N–H and O–H groups in total. The standard InChI is InChI=1S/C9H13N3O2S/c1-3-7(8(13)14-2)4-5-15-9-10-6-11-12-9/h4,6H,3,5H2,1-2H3,(H,10,11,12). The Balaban J connectivity index is 2.44. The number of esters is 1. The highest BCUT2D eigenvalue weighted by molar-refractivity contribution is 7.99. The summed E-state index contributed by atoms with van der Waals surface area (Å²) >= 11 is 1.49. The van der Waals surface area contributed by atoms with E-state index in [9.17, 15) is 4.79 Å². The van der Waals surface area contributed by atoms with Crippen molar-refractivity contribution in [2.24, 2.45) is 0 Å². The molecule has 0 amide bonds. The van der Waals surface area contributed by atoms with E-state index in [0.29, 0.717) is 17.7 Å². The molecule has 1 aromatic heterocycles. The van der Waals surface area contributed by atoms with Crippen LogP contribution in [0.4, 0.5) is 0 Å². The Morgan fingerprint density at radius 3 is 3.07 bits per heavy atom. The molecule has 1 heterocycles. The zero-order chi connectivity index (χ0) is 11.1. The summed E-state index contributed by atoms with van der Waals surface area (Å²) in [4.78, 5) is 15.2.